The average molecular weight is 370 g/mol. The van der Waals surface area contributed by atoms with Gasteiger partial charge < -0.3 is 5.32 Å². The third kappa shape index (κ3) is 5.34. The van der Waals surface area contributed by atoms with Crippen LogP contribution >= 0.6 is 7.92 Å². The van der Waals surface area contributed by atoms with Crippen LogP contribution in [0.15, 0.2) is 48.5 Å². The first-order chi connectivity index (χ1) is 12.0. The van der Waals surface area contributed by atoms with E-state index in [-0.39, 0.29) is 7.92 Å². The molecule has 2 aromatic rings. The number of benzene rings is 2. The SMILES string of the molecule is Cc1cccc(C)c1NC(CP(C(C)(C)C)C(C)(C)C)c1ccccc1. The zero-order valence-corrected chi connectivity index (χ0v) is 18.7. The summed E-state index contributed by atoms with van der Waals surface area (Å²) in [6.45, 7) is 18.9. The highest BCUT2D eigenvalue weighted by Gasteiger charge is 2.36. The lowest BCUT2D eigenvalue weighted by Crippen LogP contribution is -2.30. The summed E-state index contributed by atoms with van der Waals surface area (Å²) >= 11 is 0. The van der Waals surface area contributed by atoms with Crippen LogP contribution in [-0.4, -0.2) is 16.5 Å². The van der Waals surface area contributed by atoms with E-state index in [1.807, 2.05) is 0 Å². The molecule has 26 heavy (non-hydrogen) atoms. The van der Waals surface area contributed by atoms with E-state index in [2.05, 4.69) is 109 Å². The van der Waals surface area contributed by atoms with Crippen molar-refractivity contribution in [1.82, 2.24) is 0 Å². The highest BCUT2D eigenvalue weighted by molar-refractivity contribution is 7.60. The molecule has 1 atom stereocenters. The summed E-state index contributed by atoms with van der Waals surface area (Å²) in [6.07, 6.45) is 1.18. The van der Waals surface area contributed by atoms with E-state index in [4.69, 9.17) is 0 Å². The summed E-state index contributed by atoms with van der Waals surface area (Å²) in [4.78, 5) is 0. The summed E-state index contributed by atoms with van der Waals surface area (Å²) in [6, 6.07) is 17.8. The molecule has 1 nitrogen and oxygen atoms in total. The zero-order chi connectivity index (χ0) is 19.5. The molecule has 0 radical (unpaired) electrons. The highest BCUT2D eigenvalue weighted by atomic mass is 31.1. The Morgan fingerprint density at radius 1 is 0.769 bits per heavy atom. The van der Waals surface area contributed by atoms with Crippen molar-refractivity contribution in [2.75, 3.05) is 11.5 Å². The number of aryl methyl sites for hydroxylation is 2. The average Bonchev–Trinajstić information content (AvgIpc) is 2.52. The van der Waals surface area contributed by atoms with Crippen LogP contribution in [0.4, 0.5) is 5.69 Å². The lowest BCUT2D eigenvalue weighted by atomic mass is 10.0. The Morgan fingerprint density at radius 3 is 1.73 bits per heavy atom. The first-order valence-electron chi connectivity index (χ1n) is 9.65. The van der Waals surface area contributed by atoms with Crippen molar-refractivity contribution in [2.24, 2.45) is 0 Å². The minimum atomic E-state index is -0.184. The molecule has 0 fully saturated rings. The third-order valence-electron chi connectivity index (χ3n) is 4.99. The second-order valence-corrected chi connectivity index (χ2v) is 13.2. The van der Waals surface area contributed by atoms with Gasteiger partial charge >= 0.3 is 0 Å². The molecule has 0 saturated heterocycles. The molecule has 0 spiro atoms. The maximum atomic E-state index is 3.92. The summed E-state index contributed by atoms with van der Waals surface area (Å²) in [5.41, 5.74) is 5.32. The molecule has 0 bridgehead atoms. The van der Waals surface area contributed by atoms with Crippen molar-refractivity contribution < 1.29 is 0 Å². The number of nitrogens with one attached hydrogen (secondary N) is 1. The summed E-state index contributed by atoms with van der Waals surface area (Å²) in [7, 11) is -0.184. The fraction of sp³-hybridized carbons (Fsp3) is 0.500. The van der Waals surface area contributed by atoms with Crippen LogP contribution in [0, 0.1) is 13.8 Å². The number of hydrogen-bond acceptors (Lipinski definition) is 1. The van der Waals surface area contributed by atoms with Crippen molar-refractivity contribution >= 4 is 13.6 Å². The van der Waals surface area contributed by atoms with Gasteiger partial charge in [0.25, 0.3) is 0 Å². The molecule has 2 rings (SSSR count). The standard InChI is InChI=1S/C24H36NP/c1-18-13-12-14-19(2)22(18)25-21(20-15-10-9-11-16-20)17-26(23(3,4)5)24(6,7)8/h9-16,21,25H,17H2,1-8H3. The molecule has 0 aliphatic heterocycles. The molecule has 0 amide bonds. The zero-order valence-electron chi connectivity index (χ0n) is 17.9. The van der Waals surface area contributed by atoms with E-state index in [0.29, 0.717) is 16.4 Å². The van der Waals surface area contributed by atoms with Gasteiger partial charge in [-0.15, -0.1) is 0 Å². The second-order valence-electron chi connectivity index (χ2n) is 9.33. The van der Waals surface area contributed by atoms with Crippen LogP contribution in [-0.2, 0) is 0 Å². The number of anilines is 1. The number of para-hydroxylation sites is 1. The summed E-state index contributed by atoms with van der Waals surface area (Å²) < 4.78 is 0. The van der Waals surface area contributed by atoms with Gasteiger partial charge in [0.05, 0.1) is 6.04 Å². The van der Waals surface area contributed by atoms with Crippen LogP contribution < -0.4 is 5.32 Å². The van der Waals surface area contributed by atoms with Gasteiger partial charge in [0.1, 0.15) is 0 Å². The van der Waals surface area contributed by atoms with E-state index in [9.17, 15) is 0 Å². The van der Waals surface area contributed by atoms with Crippen LogP contribution in [0.3, 0.4) is 0 Å². The van der Waals surface area contributed by atoms with Gasteiger partial charge in [0.15, 0.2) is 0 Å². The van der Waals surface area contributed by atoms with Crippen molar-refractivity contribution in [2.45, 2.75) is 71.7 Å². The van der Waals surface area contributed by atoms with E-state index in [0.717, 1.165) is 0 Å². The summed E-state index contributed by atoms with van der Waals surface area (Å²) in [5.74, 6) is 0. The fourth-order valence-corrected chi connectivity index (χ4v) is 7.65. The predicted octanol–water partition coefficient (Wildman–Crippen LogP) is 7.54. The van der Waals surface area contributed by atoms with Crippen molar-refractivity contribution in [3.63, 3.8) is 0 Å². The third-order valence-corrected chi connectivity index (χ3v) is 8.96. The van der Waals surface area contributed by atoms with Gasteiger partial charge in [-0.05, 0) is 47.0 Å². The molecule has 142 valence electrons. The van der Waals surface area contributed by atoms with E-state index >= 15 is 0 Å². The molecule has 0 aliphatic carbocycles. The van der Waals surface area contributed by atoms with Crippen LogP contribution in [0.5, 0.6) is 0 Å². The maximum Gasteiger partial charge on any atom is 0.0553 e. The molecule has 0 saturated carbocycles. The first kappa shape index (κ1) is 21.0. The molecule has 1 unspecified atom stereocenters. The number of hydrogen-bond donors (Lipinski definition) is 1. The lowest BCUT2D eigenvalue weighted by Gasteiger charge is -2.44. The van der Waals surface area contributed by atoms with Gasteiger partial charge in [0, 0.05) is 5.69 Å². The Labute approximate surface area is 162 Å². The molecule has 2 aromatic carbocycles. The van der Waals surface area contributed by atoms with Gasteiger partial charge in [-0.2, -0.15) is 0 Å². The first-order valence-corrected chi connectivity index (χ1v) is 11.2. The Morgan fingerprint density at radius 2 is 1.27 bits per heavy atom. The lowest BCUT2D eigenvalue weighted by molar-refractivity contribution is 0.693. The van der Waals surface area contributed by atoms with Crippen LogP contribution in [0.1, 0.15) is 64.3 Å². The van der Waals surface area contributed by atoms with Crippen LogP contribution in [0.2, 0.25) is 0 Å². The predicted molar refractivity (Wildman–Crippen MR) is 120 cm³/mol. The Bertz CT molecular complexity index is 673. The molecule has 0 aliphatic rings. The molecule has 2 heteroatoms. The van der Waals surface area contributed by atoms with Crippen LogP contribution in [0.25, 0.3) is 0 Å². The Kier molecular flexibility index (Phi) is 6.56. The van der Waals surface area contributed by atoms with Gasteiger partial charge in [0.2, 0.25) is 0 Å². The van der Waals surface area contributed by atoms with E-state index in [1.165, 1.54) is 28.5 Å². The fourth-order valence-electron chi connectivity index (χ4n) is 3.87. The summed E-state index contributed by atoms with van der Waals surface area (Å²) in [5, 5.41) is 4.57. The monoisotopic (exact) mass is 369 g/mol. The molecule has 0 heterocycles. The van der Waals surface area contributed by atoms with E-state index in [1.54, 1.807) is 0 Å². The normalized spacial score (nSPS) is 13.7. The molecular formula is C24H36NP. The minimum Gasteiger partial charge on any atom is -0.377 e. The van der Waals surface area contributed by atoms with Gasteiger partial charge in [-0.25, -0.2) is 0 Å². The minimum absolute atomic E-state index is 0.184. The Hall–Kier alpha value is -1.33. The molecule has 1 N–H and O–H groups in total. The quantitative estimate of drug-likeness (QED) is 0.537. The largest absolute Gasteiger partial charge is 0.377 e. The highest BCUT2D eigenvalue weighted by Crippen LogP contribution is 2.60. The maximum absolute atomic E-state index is 3.92. The molecule has 0 aromatic heterocycles. The van der Waals surface area contributed by atoms with Crippen molar-refractivity contribution in [1.29, 1.82) is 0 Å². The van der Waals surface area contributed by atoms with Gasteiger partial charge in [-0.3, -0.25) is 0 Å². The smallest absolute Gasteiger partial charge is 0.0553 e. The second kappa shape index (κ2) is 8.13. The van der Waals surface area contributed by atoms with Crippen molar-refractivity contribution in [3.05, 3.63) is 65.2 Å². The number of rotatable bonds is 5. The van der Waals surface area contributed by atoms with Crippen molar-refractivity contribution in [3.8, 4) is 0 Å². The Balaban J connectivity index is 2.42. The van der Waals surface area contributed by atoms with E-state index < -0.39 is 0 Å². The van der Waals surface area contributed by atoms with Gasteiger partial charge in [-0.1, -0.05) is 98.0 Å². The topological polar surface area (TPSA) is 12.0 Å². The molecular weight excluding hydrogens is 333 g/mol.